The second-order valence-corrected chi connectivity index (χ2v) is 4.15. The molecule has 1 aromatic carbocycles. The molecular formula is C14H15N3O3. The molecule has 0 fully saturated rings. The van der Waals surface area contributed by atoms with Crippen LogP contribution in [0.4, 0.5) is 0 Å². The Labute approximate surface area is 116 Å². The minimum absolute atomic E-state index is 0.161. The Kier molecular flexibility index (Phi) is 4.14. The van der Waals surface area contributed by atoms with Crippen LogP contribution in [0.25, 0.3) is 5.69 Å². The van der Waals surface area contributed by atoms with E-state index in [1.165, 1.54) is 13.3 Å². The summed E-state index contributed by atoms with van der Waals surface area (Å²) in [7, 11) is 1.27. The van der Waals surface area contributed by atoms with Crippen LogP contribution in [0.1, 0.15) is 16.1 Å². The van der Waals surface area contributed by atoms with Gasteiger partial charge in [-0.25, -0.2) is 4.68 Å². The van der Waals surface area contributed by atoms with Crippen LogP contribution in [-0.4, -0.2) is 35.3 Å². The first kappa shape index (κ1) is 13.8. The molecule has 1 N–H and O–H groups in total. The smallest absolute Gasteiger partial charge is 0.325 e. The number of para-hydroxylation sites is 1. The zero-order valence-corrected chi connectivity index (χ0v) is 11.3. The molecule has 0 saturated heterocycles. The Morgan fingerprint density at radius 2 is 2.00 bits per heavy atom. The first-order chi connectivity index (χ1) is 9.63. The molecule has 2 rings (SSSR count). The van der Waals surface area contributed by atoms with Gasteiger partial charge in [0.1, 0.15) is 6.54 Å². The molecule has 1 heterocycles. The summed E-state index contributed by atoms with van der Waals surface area (Å²) >= 11 is 0. The highest BCUT2D eigenvalue weighted by molar-refractivity contribution is 5.96. The van der Waals surface area contributed by atoms with Gasteiger partial charge in [-0.05, 0) is 19.1 Å². The topological polar surface area (TPSA) is 73.2 Å². The summed E-state index contributed by atoms with van der Waals surface area (Å²) in [6.45, 7) is 1.64. The number of hydrogen-bond acceptors (Lipinski definition) is 4. The zero-order chi connectivity index (χ0) is 14.5. The summed E-state index contributed by atoms with van der Waals surface area (Å²) in [4.78, 5) is 23.0. The Hall–Kier alpha value is -2.63. The molecule has 6 heteroatoms. The number of methoxy groups -OCH3 is 1. The maximum absolute atomic E-state index is 12.0. The van der Waals surface area contributed by atoms with E-state index >= 15 is 0 Å². The van der Waals surface area contributed by atoms with E-state index in [1.54, 1.807) is 11.6 Å². The van der Waals surface area contributed by atoms with E-state index in [4.69, 9.17) is 0 Å². The first-order valence-corrected chi connectivity index (χ1v) is 6.08. The number of esters is 1. The molecule has 0 aliphatic carbocycles. The van der Waals surface area contributed by atoms with Gasteiger partial charge in [0.25, 0.3) is 5.91 Å². The fourth-order valence-electron chi connectivity index (χ4n) is 1.78. The van der Waals surface area contributed by atoms with Gasteiger partial charge in [0.05, 0.1) is 30.3 Å². The van der Waals surface area contributed by atoms with Crippen LogP contribution in [0.15, 0.2) is 36.5 Å². The SMILES string of the molecule is COC(=O)CNC(=O)c1cnn(-c2ccccc2)c1C. The van der Waals surface area contributed by atoms with Gasteiger partial charge in [-0.3, -0.25) is 9.59 Å². The van der Waals surface area contributed by atoms with Gasteiger partial charge >= 0.3 is 5.97 Å². The number of hydrogen-bond donors (Lipinski definition) is 1. The molecule has 0 saturated carbocycles. The van der Waals surface area contributed by atoms with E-state index in [0.29, 0.717) is 11.3 Å². The van der Waals surface area contributed by atoms with E-state index in [1.807, 2.05) is 30.3 Å². The van der Waals surface area contributed by atoms with E-state index in [9.17, 15) is 9.59 Å². The highest BCUT2D eigenvalue weighted by Crippen LogP contribution is 2.13. The van der Waals surface area contributed by atoms with Crippen molar-refractivity contribution in [2.24, 2.45) is 0 Å². The molecule has 2 aromatic rings. The van der Waals surface area contributed by atoms with Crippen molar-refractivity contribution in [2.45, 2.75) is 6.92 Å². The van der Waals surface area contributed by atoms with Crippen molar-refractivity contribution >= 4 is 11.9 Å². The molecule has 1 aromatic heterocycles. The molecule has 6 nitrogen and oxygen atoms in total. The number of carbonyl (C=O) groups excluding carboxylic acids is 2. The molecule has 0 unspecified atom stereocenters. The number of rotatable bonds is 4. The van der Waals surface area contributed by atoms with Gasteiger partial charge in [0.15, 0.2) is 0 Å². The number of nitrogens with one attached hydrogen (secondary N) is 1. The minimum Gasteiger partial charge on any atom is -0.468 e. The lowest BCUT2D eigenvalue weighted by Gasteiger charge is -2.05. The van der Waals surface area contributed by atoms with Crippen LogP contribution in [0.3, 0.4) is 0 Å². The number of carbonyl (C=O) groups is 2. The van der Waals surface area contributed by atoms with Gasteiger partial charge in [0, 0.05) is 0 Å². The molecule has 0 bridgehead atoms. The zero-order valence-electron chi connectivity index (χ0n) is 11.3. The van der Waals surface area contributed by atoms with Crippen LogP contribution in [0, 0.1) is 6.92 Å². The van der Waals surface area contributed by atoms with Gasteiger partial charge in [-0.2, -0.15) is 5.10 Å². The Bertz CT molecular complexity index is 620. The molecular weight excluding hydrogens is 258 g/mol. The number of ether oxygens (including phenoxy) is 1. The van der Waals surface area contributed by atoms with Crippen LogP contribution >= 0.6 is 0 Å². The molecule has 20 heavy (non-hydrogen) atoms. The monoisotopic (exact) mass is 273 g/mol. The predicted octanol–water partition coefficient (Wildman–Crippen LogP) is 1.08. The Balaban J connectivity index is 2.17. The van der Waals surface area contributed by atoms with Crippen LogP contribution < -0.4 is 5.32 Å². The van der Waals surface area contributed by atoms with E-state index in [-0.39, 0.29) is 12.5 Å². The Morgan fingerprint density at radius 3 is 2.65 bits per heavy atom. The normalized spacial score (nSPS) is 10.1. The Morgan fingerprint density at radius 1 is 1.30 bits per heavy atom. The van der Waals surface area contributed by atoms with Gasteiger partial charge in [0.2, 0.25) is 0 Å². The predicted molar refractivity (Wildman–Crippen MR) is 72.7 cm³/mol. The first-order valence-electron chi connectivity index (χ1n) is 6.08. The molecule has 1 amide bonds. The lowest BCUT2D eigenvalue weighted by Crippen LogP contribution is -2.30. The third-order valence-electron chi connectivity index (χ3n) is 2.88. The number of amides is 1. The molecule has 104 valence electrons. The second kappa shape index (κ2) is 6.01. The average molecular weight is 273 g/mol. The second-order valence-electron chi connectivity index (χ2n) is 4.15. The summed E-state index contributed by atoms with van der Waals surface area (Å²) in [6, 6.07) is 9.50. The van der Waals surface area contributed by atoms with Crippen LogP contribution in [-0.2, 0) is 9.53 Å². The van der Waals surface area contributed by atoms with Crippen LogP contribution in [0.2, 0.25) is 0 Å². The van der Waals surface area contributed by atoms with E-state index in [0.717, 1.165) is 5.69 Å². The highest BCUT2D eigenvalue weighted by Gasteiger charge is 2.15. The molecule has 0 aliphatic rings. The van der Waals surface area contributed by atoms with Crippen molar-refractivity contribution in [2.75, 3.05) is 13.7 Å². The lowest BCUT2D eigenvalue weighted by molar-refractivity contribution is -0.139. The quantitative estimate of drug-likeness (QED) is 0.846. The van der Waals surface area contributed by atoms with Gasteiger partial charge in [-0.1, -0.05) is 18.2 Å². The van der Waals surface area contributed by atoms with Gasteiger partial charge < -0.3 is 10.1 Å². The lowest BCUT2D eigenvalue weighted by atomic mass is 10.2. The maximum atomic E-state index is 12.0. The van der Waals surface area contributed by atoms with Crippen molar-refractivity contribution in [3.05, 3.63) is 47.8 Å². The average Bonchev–Trinajstić information content (AvgIpc) is 2.87. The minimum atomic E-state index is -0.494. The standard InChI is InChI=1S/C14H15N3O3/c1-10-12(14(19)15-9-13(18)20-2)8-16-17(10)11-6-4-3-5-7-11/h3-8H,9H2,1-2H3,(H,15,19). The summed E-state index contributed by atoms with van der Waals surface area (Å²) in [5, 5.41) is 6.68. The summed E-state index contributed by atoms with van der Waals surface area (Å²) in [5.74, 6) is -0.846. The molecule has 0 aliphatic heterocycles. The number of aromatic nitrogens is 2. The summed E-state index contributed by atoms with van der Waals surface area (Å²) in [5.41, 5.74) is 2.01. The van der Waals surface area contributed by atoms with Crippen molar-refractivity contribution in [1.29, 1.82) is 0 Å². The van der Waals surface area contributed by atoms with Crippen molar-refractivity contribution in [1.82, 2.24) is 15.1 Å². The molecule has 0 spiro atoms. The van der Waals surface area contributed by atoms with Crippen molar-refractivity contribution in [3.63, 3.8) is 0 Å². The van der Waals surface area contributed by atoms with Crippen molar-refractivity contribution < 1.29 is 14.3 Å². The third-order valence-corrected chi connectivity index (χ3v) is 2.88. The largest absolute Gasteiger partial charge is 0.468 e. The number of nitrogens with zero attached hydrogens (tertiary/aromatic N) is 2. The number of benzene rings is 1. The fraction of sp³-hybridized carbons (Fsp3) is 0.214. The molecule has 0 atom stereocenters. The van der Waals surface area contributed by atoms with E-state index in [2.05, 4.69) is 15.2 Å². The summed E-state index contributed by atoms with van der Waals surface area (Å²) < 4.78 is 6.14. The fourth-order valence-corrected chi connectivity index (χ4v) is 1.78. The third kappa shape index (κ3) is 2.85. The maximum Gasteiger partial charge on any atom is 0.325 e. The van der Waals surface area contributed by atoms with E-state index < -0.39 is 5.97 Å². The summed E-state index contributed by atoms with van der Waals surface area (Å²) in [6.07, 6.45) is 1.48. The highest BCUT2D eigenvalue weighted by atomic mass is 16.5. The van der Waals surface area contributed by atoms with Gasteiger partial charge in [-0.15, -0.1) is 0 Å². The van der Waals surface area contributed by atoms with Crippen molar-refractivity contribution in [3.8, 4) is 5.69 Å². The van der Waals surface area contributed by atoms with Crippen LogP contribution in [0.5, 0.6) is 0 Å². The molecule has 0 radical (unpaired) electrons.